The Morgan fingerprint density at radius 3 is 2.42 bits per heavy atom. The van der Waals surface area contributed by atoms with Crippen LogP contribution in [0, 0.1) is 18.7 Å². The highest BCUT2D eigenvalue weighted by Gasteiger charge is 2.66. The van der Waals surface area contributed by atoms with Crippen molar-refractivity contribution in [2.45, 2.75) is 24.9 Å². The SMILES string of the molecule is Cc1ccc(C(=O)[C@@H]2[C@H](c3ccc(-c4cccc(F)c4)o3)NC(=O)N[C@@]2(O)C(F)(F)F)cc1. The van der Waals surface area contributed by atoms with E-state index in [-0.39, 0.29) is 17.1 Å². The summed E-state index contributed by atoms with van der Waals surface area (Å²) in [6.45, 7) is 1.74. The summed E-state index contributed by atoms with van der Waals surface area (Å²) in [5.41, 5.74) is -2.88. The lowest BCUT2D eigenvalue weighted by molar-refractivity contribution is -0.288. The lowest BCUT2D eigenvalue weighted by Gasteiger charge is -2.44. The van der Waals surface area contributed by atoms with E-state index < -0.39 is 41.5 Å². The largest absolute Gasteiger partial charge is 0.459 e. The molecule has 3 atom stereocenters. The topological polar surface area (TPSA) is 91.6 Å². The number of aryl methyl sites for hydroxylation is 1. The number of Topliss-reactive ketones (excluding diaryl/α,β-unsaturated/α-hetero) is 1. The van der Waals surface area contributed by atoms with Crippen molar-refractivity contribution in [1.82, 2.24) is 10.6 Å². The van der Waals surface area contributed by atoms with E-state index in [4.69, 9.17) is 4.42 Å². The van der Waals surface area contributed by atoms with E-state index in [1.165, 1.54) is 47.8 Å². The Morgan fingerprint density at radius 2 is 1.79 bits per heavy atom. The predicted octanol–water partition coefficient (Wildman–Crippen LogP) is 4.50. The van der Waals surface area contributed by atoms with Crippen molar-refractivity contribution in [2.24, 2.45) is 5.92 Å². The zero-order valence-corrected chi connectivity index (χ0v) is 17.1. The molecule has 2 aromatic carbocycles. The summed E-state index contributed by atoms with van der Waals surface area (Å²) >= 11 is 0. The molecule has 1 aromatic heterocycles. The van der Waals surface area contributed by atoms with Gasteiger partial charge < -0.3 is 20.2 Å². The van der Waals surface area contributed by atoms with Gasteiger partial charge in [-0.15, -0.1) is 0 Å². The van der Waals surface area contributed by atoms with Crippen LogP contribution in [0.3, 0.4) is 0 Å². The van der Waals surface area contributed by atoms with Crippen LogP contribution in [0.4, 0.5) is 22.4 Å². The Balaban J connectivity index is 1.81. The van der Waals surface area contributed by atoms with Crippen molar-refractivity contribution in [3.05, 3.63) is 83.4 Å². The van der Waals surface area contributed by atoms with Crippen molar-refractivity contribution in [2.75, 3.05) is 0 Å². The maximum atomic E-state index is 14.0. The van der Waals surface area contributed by atoms with Gasteiger partial charge in [0.05, 0.1) is 0 Å². The first-order valence-corrected chi connectivity index (χ1v) is 9.84. The lowest BCUT2D eigenvalue weighted by atomic mass is 9.79. The Bertz CT molecular complexity index is 1210. The van der Waals surface area contributed by atoms with Crippen LogP contribution in [0.5, 0.6) is 0 Å². The van der Waals surface area contributed by atoms with Gasteiger partial charge in [0.25, 0.3) is 0 Å². The average Bonchev–Trinajstić information content (AvgIpc) is 3.23. The maximum absolute atomic E-state index is 14.0. The number of urea groups is 1. The molecule has 1 saturated heterocycles. The quantitative estimate of drug-likeness (QED) is 0.393. The molecular weight excluding hydrogens is 444 g/mol. The van der Waals surface area contributed by atoms with Crippen LogP contribution in [-0.4, -0.2) is 28.8 Å². The Morgan fingerprint density at radius 1 is 1.09 bits per heavy atom. The molecular formula is C23H18F4N2O4. The minimum absolute atomic E-state index is 0.0897. The molecule has 0 radical (unpaired) electrons. The van der Waals surface area contributed by atoms with Gasteiger partial charge in [0.15, 0.2) is 5.78 Å². The number of aliphatic hydroxyl groups is 1. The number of benzene rings is 2. The summed E-state index contributed by atoms with van der Waals surface area (Å²) in [6, 6.07) is 10.7. The molecule has 10 heteroatoms. The number of nitrogens with one attached hydrogen (secondary N) is 2. The van der Waals surface area contributed by atoms with Crippen molar-refractivity contribution in [1.29, 1.82) is 0 Å². The molecule has 2 amide bonds. The van der Waals surface area contributed by atoms with E-state index in [0.29, 0.717) is 5.56 Å². The first-order valence-electron chi connectivity index (χ1n) is 9.84. The molecule has 4 rings (SSSR count). The van der Waals surface area contributed by atoms with Crippen LogP contribution in [-0.2, 0) is 0 Å². The van der Waals surface area contributed by atoms with Gasteiger partial charge in [0, 0.05) is 11.1 Å². The third-order valence-corrected chi connectivity index (χ3v) is 5.47. The van der Waals surface area contributed by atoms with Gasteiger partial charge in [0.1, 0.15) is 29.3 Å². The van der Waals surface area contributed by atoms with Gasteiger partial charge in [-0.1, -0.05) is 42.0 Å². The molecule has 33 heavy (non-hydrogen) atoms. The average molecular weight is 462 g/mol. The van der Waals surface area contributed by atoms with Crippen LogP contribution >= 0.6 is 0 Å². The number of halogens is 4. The molecule has 172 valence electrons. The highest BCUT2D eigenvalue weighted by molar-refractivity contribution is 6.00. The molecule has 3 N–H and O–H groups in total. The van der Waals surface area contributed by atoms with Crippen LogP contribution in [0.2, 0.25) is 0 Å². The molecule has 1 aliphatic heterocycles. The number of carbonyl (C=O) groups is 2. The molecule has 2 heterocycles. The van der Waals surface area contributed by atoms with Gasteiger partial charge in [-0.3, -0.25) is 4.79 Å². The first kappa shape index (κ1) is 22.5. The second-order valence-electron chi connectivity index (χ2n) is 7.76. The fourth-order valence-electron chi connectivity index (χ4n) is 3.79. The second kappa shape index (κ2) is 8.04. The van der Waals surface area contributed by atoms with Crippen molar-refractivity contribution in [3.63, 3.8) is 0 Å². The van der Waals surface area contributed by atoms with Crippen LogP contribution < -0.4 is 10.6 Å². The van der Waals surface area contributed by atoms with Gasteiger partial charge in [-0.2, -0.15) is 13.2 Å². The minimum atomic E-state index is -5.38. The van der Waals surface area contributed by atoms with Gasteiger partial charge in [-0.25, -0.2) is 9.18 Å². The number of furan rings is 1. The normalized spacial score (nSPS) is 23.0. The molecule has 0 aliphatic carbocycles. The monoisotopic (exact) mass is 462 g/mol. The van der Waals surface area contributed by atoms with Gasteiger partial charge in [0.2, 0.25) is 5.72 Å². The van der Waals surface area contributed by atoms with Gasteiger partial charge >= 0.3 is 12.2 Å². The highest BCUT2D eigenvalue weighted by Crippen LogP contribution is 2.44. The fourth-order valence-corrected chi connectivity index (χ4v) is 3.79. The minimum Gasteiger partial charge on any atom is -0.459 e. The lowest BCUT2D eigenvalue weighted by Crippen LogP contribution is -2.72. The molecule has 0 saturated carbocycles. The summed E-state index contributed by atoms with van der Waals surface area (Å²) in [7, 11) is 0. The molecule has 1 fully saturated rings. The number of rotatable bonds is 4. The van der Waals surface area contributed by atoms with E-state index >= 15 is 0 Å². The van der Waals surface area contributed by atoms with Crippen LogP contribution in [0.25, 0.3) is 11.3 Å². The van der Waals surface area contributed by atoms with E-state index in [1.54, 1.807) is 19.1 Å². The molecule has 0 spiro atoms. The van der Waals surface area contributed by atoms with E-state index in [2.05, 4.69) is 5.32 Å². The molecule has 0 unspecified atom stereocenters. The van der Waals surface area contributed by atoms with Gasteiger partial charge in [-0.05, 0) is 31.2 Å². The van der Waals surface area contributed by atoms with Crippen LogP contribution in [0.15, 0.2) is 65.1 Å². The summed E-state index contributed by atoms with van der Waals surface area (Å²) in [6.07, 6.45) is -5.38. The fraction of sp³-hybridized carbons (Fsp3) is 0.217. The standard InChI is InChI=1S/C23H18F4N2O4/c1-12-5-7-13(8-6-12)20(30)18-19(28-21(31)29-22(18,32)23(25,26)27)17-10-9-16(33-17)14-3-2-4-15(24)11-14/h2-11,18-19,32H,1H3,(H2,28,29,31)/t18-,19-,22-/m0/s1. The summed E-state index contributed by atoms with van der Waals surface area (Å²) in [5, 5.41) is 14.3. The Kier molecular flexibility index (Phi) is 5.49. The summed E-state index contributed by atoms with van der Waals surface area (Å²) < 4.78 is 61.1. The molecule has 1 aliphatic rings. The number of hydrogen-bond donors (Lipinski definition) is 3. The van der Waals surface area contributed by atoms with Crippen molar-refractivity contribution >= 4 is 11.8 Å². The maximum Gasteiger partial charge on any atom is 0.437 e. The summed E-state index contributed by atoms with van der Waals surface area (Å²) in [5.74, 6) is -3.94. The van der Waals surface area contributed by atoms with Crippen LogP contribution in [0.1, 0.15) is 27.7 Å². The Labute approximate surface area is 185 Å². The van der Waals surface area contributed by atoms with E-state index in [9.17, 15) is 32.3 Å². The first-order chi connectivity index (χ1) is 15.5. The predicted molar refractivity (Wildman–Crippen MR) is 109 cm³/mol. The number of carbonyl (C=O) groups excluding carboxylic acids is 2. The third-order valence-electron chi connectivity index (χ3n) is 5.47. The number of ketones is 1. The highest BCUT2D eigenvalue weighted by atomic mass is 19.4. The molecule has 0 bridgehead atoms. The Hall–Kier alpha value is -3.66. The van der Waals surface area contributed by atoms with Crippen molar-refractivity contribution < 1.29 is 36.7 Å². The number of hydrogen-bond acceptors (Lipinski definition) is 4. The summed E-state index contributed by atoms with van der Waals surface area (Å²) in [4.78, 5) is 25.3. The van der Waals surface area contributed by atoms with Crippen molar-refractivity contribution in [3.8, 4) is 11.3 Å². The zero-order chi connectivity index (χ0) is 24.0. The van der Waals surface area contributed by atoms with E-state index in [0.717, 1.165) is 11.6 Å². The zero-order valence-electron chi connectivity index (χ0n) is 17.1. The van der Waals surface area contributed by atoms with E-state index in [1.807, 2.05) is 0 Å². The second-order valence-corrected chi connectivity index (χ2v) is 7.76. The number of amides is 2. The third kappa shape index (κ3) is 4.09. The molecule has 6 nitrogen and oxygen atoms in total. The smallest absolute Gasteiger partial charge is 0.437 e. The number of alkyl halides is 3. The molecule has 3 aromatic rings.